The monoisotopic (exact) mass is 270 g/mol. The summed E-state index contributed by atoms with van der Waals surface area (Å²) in [7, 11) is 1.91. The van der Waals surface area contributed by atoms with E-state index in [1.54, 1.807) is 0 Å². The van der Waals surface area contributed by atoms with Gasteiger partial charge in [0, 0.05) is 19.0 Å². The van der Waals surface area contributed by atoms with Gasteiger partial charge in [-0.05, 0) is 20.4 Å². The molecule has 0 fully saturated rings. The first-order chi connectivity index (χ1) is 9.20. The maximum absolute atomic E-state index is 11.5. The van der Waals surface area contributed by atoms with Gasteiger partial charge < -0.3 is 10.6 Å². The van der Waals surface area contributed by atoms with Crippen molar-refractivity contribution in [3.8, 4) is 0 Å². The minimum absolute atomic E-state index is 0.199. The van der Waals surface area contributed by atoms with Gasteiger partial charge in [-0.1, -0.05) is 58.3 Å². The molecule has 0 aromatic carbocycles. The van der Waals surface area contributed by atoms with Crippen molar-refractivity contribution in [1.29, 1.82) is 0 Å². The Labute approximate surface area is 119 Å². The highest BCUT2D eigenvalue weighted by Crippen LogP contribution is 2.10. The van der Waals surface area contributed by atoms with E-state index >= 15 is 0 Å². The Bertz CT molecular complexity index is 207. The highest BCUT2D eigenvalue weighted by atomic mass is 16.1. The molecule has 0 aliphatic carbocycles. The fraction of sp³-hybridized carbons (Fsp3) is 0.938. The van der Waals surface area contributed by atoms with Gasteiger partial charge in [0.25, 0.3) is 0 Å². The van der Waals surface area contributed by atoms with E-state index in [-0.39, 0.29) is 5.91 Å². The minimum atomic E-state index is 0.199. The van der Waals surface area contributed by atoms with Crippen LogP contribution in [0.25, 0.3) is 0 Å². The largest absolute Gasteiger partial charge is 0.355 e. The molecule has 19 heavy (non-hydrogen) atoms. The summed E-state index contributed by atoms with van der Waals surface area (Å²) >= 11 is 0. The third-order valence-electron chi connectivity index (χ3n) is 3.61. The van der Waals surface area contributed by atoms with E-state index in [0.29, 0.717) is 12.5 Å². The zero-order chi connectivity index (χ0) is 14.3. The van der Waals surface area contributed by atoms with Crippen molar-refractivity contribution in [1.82, 2.24) is 10.6 Å². The van der Waals surface area contributed by atoms with Crippen LogP contribution in [0.1, 0.15) is 78.1 Å². The summed E-state index contributed by atoms with van der Waals surface area (Å²) in [4.78, 5) is 11.5. The number of hydrogen-bond acceptors (Lipinski definition) is 2. The number of amides is 1. The van der Waals surface area contributed by atoms with Gasteiger partial charge in [0.2, 0.25) is 5.91 Å². The van der Waals surface area contributed by atoms with Crippen LogP contribution in [0.4, 0.5) is 0 Å². The van der Waals surface area contributed by atoms with Crippen LogP contribution in [0.2, 0.25) is 0 Å². The summed E-state index contributed by atoms with van der Waals surface area (Å²) in [6, 6.07) is 0.354. The molecule has 1 amide bonds. The molecule has 1 atom stereocenters. The summed E-state index contributed by atoms with van der Waals surface area (Å²) in [6.45, 7) is 5.05. The molecule has 3 nitrogen and oxygen atoms in total. The number of likely N-dealkylation sites (N-methyl/N-ethyl adjacent to an activating group) is 1. The van der Waals surface area contributed by atoms with Crippen LogP contribution in [0.5, 0.6) is 0 Å². The third-order valence-corrected chi connectivity index (χ3v) is 3.61. The number of hydrogen-bond donors (Lipinski definition) is 2. The molecule has 0 bridgehead atoms. The third kappa shape index (κ3) is 13.7. The molecule has 0 radical (unpaired) electrons. The fourth-order valence-electron chi connectivity index (χ4n) is 2.05. The van der Waals surface area contributed by atoms with Crippen LogP contribution < -0.4 is 10.6 Å². The van der Waals surface area contributed by atoms with Gasteiger partial charge in [-0.3, -0.25) is 4.79 Å². The molecule has 0 aromatic heterocycles. The zero-order valence-corrected chi connectivity index (χ0v) is 13.3. The molecule has 0 aliphatic heterocycles. The quantitative estimate of drug-likeness (QED) is 0.502. The Morgan fingerprint density at radius 3 is 2.00 bits per heavy atom. The van der Waals surface area contributed by atoms with Crippen molar-refractivity contribution < 1.29 is 4.79 Å². The molecule has 0 aliphatic rings. The molecule has 0 rings (SSSR count). The van der Waals surface area contributed by atoms with Crippen molar-refractivity contribution in [2.45, 2.75) is 84.1 Å². The molecule has 0 spiro atoms. The zero-order valence-electron chi connectivity index (χ0n) is 13.3. The molecule has 0 aromatic rings. The van der Waals surface area contributed by atoms with Gasteiger partial charge in [0.1, 0.15) is 0 Å². The molecule has 0 saturated carbocycles. The van der Waals surface area contributed by atoms with E-state index in [1.165, 1.54) is 51.4 Å². The van der Waals surface area contributed by atoms with Crippen LogP contribution in [0.15, 0.2) is 0 Å². The SMILES string of the molecule is CCCCCCCCCCCC(=O)NCC(C)NC. The maximum Gasteiger partial charge on any atom is 0.220 e. The highest BCUT2D eigenvalue weighted by Gasteiger charge is 2.03. The van der Waals surface area contributed by atoms with Gasteiger partial charge >= 0.3 is 0 Å². The predicted octanol–water partition coefficient (Wildman–Crippen LogP) is 3.63. The van der Waals surface area contributed by atoms with E-state index in [9.17, 15) is 4.79 Å². The van der Waals surface area contributed by atoms with Crippen molar-refractivity contribution in [2.75, 3.05) is 13.6 Å². The van der Waals surface area contributed by atoms with Crippen molar-refractivity contribution in [3.05, 3.63) is 0 Å². The number of rotatable bonds is 13. The lowest BCUT2D eigenvalue weighted by Crippen LogP contribution is -2.37. The lowest BCUT2D eigenvalue weighted by Gasteiger charge is -2.11. The van der Waals surface area contributed by atoms with Crippen LogP contribution in [-0.4, -0.2) is 25.5 Å². The number of nitrogens with one attached hydrogen (secondary N) is 2. The van der Waals surface area contributed by atoms with Crippen LogP contribution in [0.3, 0.4) is 0 Å². The molecule has 0 heterocycles. The van der Waals surface area contributed by atoms with E-state index in [1.807, 2.05) is 7.05 Å². The second kappa shape index (κ2) is 13.9. The first-order valence-electron chi connectivity index (χ1n) is 8.14. The van der Waals surface area contributed by atoms with Crippen molar-refractivity contribution in [2.24, 2.45) is 0 Å². The smallest absolute Gasteiger partial charge is 0.220 e. The average Bonchev–Trinajstić information content (AvgIpc) is 2.42. The van der Waals surface area contributed by atoms with Crippen molar-refractivity contribution >= 4 is 5.91 Å². The molecule has 1 unspecified atom stereocenters. The molecule has 0 saturated heterocycles. The predicted molar refractivity (Wildman–Crippen MR) is 83.4 cm³/mol. The Hall–Kier alpha value is -0.570. The van der Waals surface area contributed by atoms with Crippen LogP contribution >= 0.6 is 0 Å². The lowest BCUT2D eigenvalue weighted by atomic mass is 10.1. The highest BCUT2D eigenvalue weighted by molar-refractivity contribution is 5.75. The summed E-state index contributed by atoms with van der Waals surface area (Å²) < 4.78 is 0. The minimum Gasteiger partial charge on any atom is -0.355 e. The average molecular weight is 270 g/mol. The lowest BCUT2D eigenvalue weighted by molar-refractivity contribution is -0.121. The molecule has 2 N–H and O–H groups in total. The Morgan fingerprint density at radius 1 is 0.947 bits per heavy atom. The Morgan fingerprint density at radius 2 is 1.47 bits per heavy atom. The summed E-state index contributed by atoms with van der Waals surface area (Å²) in [6.07, 6.45) is 12.4. The fourth-order valence-corrected chi connectivity index (χ4v) is 2.05. The standard InChI is InChI=1S/C16H34N2O/c1-4-5-6-7-8-9-10-11-12-13-16(19)18-14-15(2)17-3/h15,17H,4-14H2,1-3H3,(H,18,19). The first-order valence-corrected chi connectivity index (χ1v) is 8.14. The van der Waals surface area contributed by atoms with Crippen molar-refractivity contribution in [3.63, 3.8) is 0 Å². The second-order valence-corrected chi connectivity index (χ2v) is 5.57. The summed E-state index contributed by atoms with van der Waals surface area (Å²) in [5.74, 6) is 0.199. The van der Waals surface area contributed by atoms with Gasteiger partial charge in [-0.2, -0.15) is 0 Å². The first kappa shape index (κ1) is 18.4. The number of carbonyl (C=O) groups excluding carboxylic acids is 1. The van der Waals surface area contributed by atoms with Crippen LogP contribution in [0, 0.1) is 0 Å². The molecular formula is C16H34N2O. The molecular weight excluding hydrogens is 236 g/mol. The van der Waals surface area contributed by atoms with Gasteiger partial charge in [0.05, 0.1) is 0 Å². The van der Waals surface area contributed by atoms with Gasteiger partial charge in [-0.15, -0.1) is 0 Å². The van der Waals surface area contributed by atoms with E-state index in [4.69, 9.17) is 0 Å². The van der Waals surface area contributed by atoms with E-state index in [0.717, 1.165) is 13.0 Å². The molecule has 3 heteroatoms. The summed E-state index contributed by atoms with van der Waals surface area (Å²) in [5, 5.41) is 6.07. The Balaban J connectivity index is 3.18. The number of unbranched alkanes of at least 4 members (excludes halogenated alkanes) is 8. The number of carbonyl (C=O) groups is 1. The van der Waals surface area contributed by atoms with E-state index < -0.39 is 0 Å². The van der Waals surface area contributed by atoms with Gasteiger partial charge in [0.15, 0.2) is 0 Å². The van der Waals surface area contributed by atoms with Crippen LogP contribution in [-0.2, 0) is 4.79 Å². The van der Waals surface area contributed by atoms with E-state index in [2.05, 4.69) is 24.5 Å². The Kier molecular flexibility index (Phi) is 13.4. The summed E-state index contributed by atoms with van der Waals surface area (Å²) in [5.41, 5.74) is 0. The second-order valence-electron chi connectivity index (χ2n) is 5.57. The normalized spacial score (nSPS) is 12.4. The topological polar surface area (TPSA) is 41.1 Å². The van der Waals surface area contributed by atoms with Gasteiger partial charge in [-0.25, -0.2) is 0 Å². The molecule has 114 valence electrons. The maximum atomic E-state index is 11.5.